The van der Waals surface area contributed by atoms with Crippen LogP contribution in [0.4, 0.5) is 8.78 Å². The van der Waals surface area contributed by atoms with E-state index in [4.69, 9.17) is 14.5 Å². The van der Waals surface area contributed by atoms with Crippen LogP contribution in [0.2, 0.25) is 0 Å². The van der Waals surface area contributed by atoms with Gasteiger partial charge in [0.1, 0.15) is 0 Å². The van der Waals surface area contributed by atoms with Crippen molar-refractivity contribution in [3.05, 3.63) is 69.2 Å². The molecule has 0 fully saturated rings. The standard InChI is InChI=1S/C17H16BrF2O6P/c1-25-16(21)13-5-2-11(3-6-13)9-26-10-12-4-7-14(15(18)8-12)17(19,20)27(22,23)24/h2-8H,9-10H2,1H3,(H2,22,23,24). The third-order valence-electron chi connectivity index (χ3n) is 3.64. The molecule has 0 unspecified atom stereocenters. The van der Waals surface area contributed by atoms with E-state index < -0.39 is 24.8 Å². The molecule has 2 rings (SSSR count). The third-order valence-corrected chi connectivity index (χ3v) is 5.26. The molecule has 0 aliphatic heterocycles. The van der Waals surface area contributed by atoms with Gasteiger partial charge in [-0.05, 0) is 29.3 Å². The number of carbonyl (C=O) groups is 1. The van der Waals surface area contributed by atoms with E-state index in [1.54, 1.807) is 24.3 Å². The van der Waals surface area contributed by atoms with E-state index in [2.05, 4.69) is 20.7 Å². The van der Waals surface area contributed by atoms with E-state index in [-0.39, 0.29) is 17.7 Å². The Morgan fingerprint density at radius 2 is 1.67 bits per heavy atom. The summed E-state index contributed by atoms with van der Waals surface area (Å²) in [5.74, 6) is -0.445. The molecule has 27 heavy (non-hydrogen) atoms. The van der Waals surface area contributed by atoms with E-state index in [1.807, 2.05) is 0 Å². The van der Waals surface area contributed by atoms with Crippen LogP contribution in [0.3, 0.4) is 0 Å². The van der Waals surface area contributed by atoms with Gasteiger partial charge in [0, 0.05) is 10.0 Å². The second kappa shape index (κ2) is 8.58. The number of esters is 1. The Balaban J connectivity index is 2.00. The lowest BCUT2D eigenvalue weighted by molar-refractivity contribution is 0.0556. The third kappa shape index (κ3) is 5.21. The zero-order valence-corrected chi connectivity index (χ0v) is 16.5. The molecule has 2 aromatic rings. The molecule has 0 atom stereocenters. The zero-order chi connectivity index (χ0) is 20.2. The molecular weight excluding hydrogens is 449 g/mol. The number of ether oxygens (including phenoxy) is 2. The first-order valence-electron chi connectivity index (χ1n) is 7.53. The fraction of sp³-hybridized carbons (Fsp3) is 0.235. The lowest BCUT2D eigenvalue weighted by atomic mass is 10.1. The molecule has 0 aliphatic rings. The Morgan fingerprint density at radius 1 is 1.11 bits per heavy atom. The van der Waals surface area contributed by atoms with Gasteiger partial charge in [-0.2, -0.15) is 8.78 Å². The maximum atomic E-state index is 13.8. The lowest BCUT2D eigenvalue weighted by Crippen LogP contribution is -2.14. The van der Waals surface area contributed by atoms with Crippen molar-refractivity contribution in [2.75, 3.05) is 7.11 Å². The van der Waals surface area contributed by atoms with E-state index in [0.29, 0.717) is 11.1 Å². The Labute approximate surface area is 162 Å². The molecule has 0 amide bonds. The highest BCUT2D eigenvalue weighted by atomic mass is 79.9. The van der Waals surface area contributed by atoms with Gasteiger partial charge in [-0.15, -0.1) is 0 Å². The number of benzene rings is 2. The molecule has 10 heteroatoms. The summed E-state index contributed by atoms with van der Waals surface area (Å²) >= 11 is 2.92. The van der Waals surface area contributed by atoms with Gasteiger partial charge < -0.3 is 19.3 Å². The van der Waals surface area contributed by atoms with E-state index >= 15 is 0 Å². The Morgan fingerprint density at radius 3 is 2.19 bits per heavy atom. The van der Waals surface area contributed by atoms with Gasteiger partial charge >= 0.3 is 19.2 Å². The summed E-state index contributed by atoms with van der Waals surface area (Å²) in [7, 11) is -4.34. The van der Waals surface area contributed by atoms with Crippen LogP contribution in [-0.2, 0) is 32.9 Å². The maximum absolute atomic E-state index is 13.8. The number of alkyl halides is 2. The topological polar surface area (TPSA) is 93.1 Å². The van der Waals surface area contributed by atoms with Crippen molar-refractivity contribution in [1.29, 1.82) is 0 Å². The highest BCUT2D eigenvalue weighted by molar-refractivity contribution is 9.10. The van der Waals surface area contributed by atoms with Crippen molar-refractivity contribution in [2.24, 2.45) is 0 Å². The zero-order valence-electron chi connectivity index (χ0n) is 14.1. The molecule has 6 nitrogen and oxygen atoms in total. The molecule has 0 bridgehead atoms. The SMILES string of the molecule is COC(=O)c1ccc(COCc2ccc(C(F)(F)P(=O)(O)O)c(Br)c2)cc1. The minimum atomic E-state index is -5.64. The predicted octanol–water partition coefficient (Wildman–Crippen LogP) is 4.18. The Hall–Kier alpha value is -1.64. The summed E-state index contributed by atoms with van der Waals surface area (Å²) in [5, 5.41) is 0. The van der Waals surface area contributed by atoms with Crippen LogP contribution < -0.4 is 0 Å². The summed E-state index contributed by atoms with van der Waals surface area (Å²) < 4.78 is 48.5. The smallest absolute Gasteiger partial charge is 0.399 e. The summed E-state index contributed by atoms with van der Waals surface area (Å²) in [5.41, 5.74) is -3.33. The average Bonchev–Trinajstić information content (AvgIpc) is 2.60. The molecule has 0 saturated carbocycles. The average molecular weight is 465 g/mol. The number of methoxy groups -OCH3 is 1. The molecule has 0 aliphatic carbocycles. The molecular formula is C17H16BrF2O6P. The molecule has 0 radical (unpaired) electrons. The van der Waals surface area contributed by atoms with Crippen molar-refractivity contribution in [2.45, 2.75) is 18.9 Å². The second-order valence-corrected chi connectivity index (χ2v) is 8.08. The second-order valence-electron chi connectivity index (χ2n) is 5.58. The van der Waals surface area contributed by atoms with Gasteiger partial charge in [0.05, 0.1) is 25.9 Å². The lowest BCUT2D eigenvalue weighted by Gasteiger charge is -2.19. The van der Waals surface area contributed by atoms with Gasteiger partial charge in [-0.1, -0.05) is 40.2 Å². The largest absolute Gasteiger partial charge is 0.465 e. The van der Waals surface area contributed by atoms with E-state index in [1.165, 1.54) is 19.2 Å². The van der Waals surface area contributed by atoms with Gasteiger partial charge in [0.25, 0.3) is 0 Å². The number of carbonyl (C=O) groups excluding carboxylic acids is 1. The molecule has 0 heterocycles. The fourth-order valence-electron chi connectivity index (χ4n) is 2.19. The highest BCUT2D eigenvalue weighted by Gasteiger charge is 2.51. The van der Waals surface area contributed by atoms with Crippen molar-refractivity contribution < 1.29 is 37.4 Å². The quantitative estimate of drug-likeness (QED) is 0.471. The fourth-order valence-corrected chi connectivity index (χ4v) is 3.53. The molecule has 2 aromatic carbocycles. The molecule has 0 spiro atoms. The van der Waals surface area contributed by atoms with Crippen LogP contribution >= 0.6 is 23.5 Å². The van der Waals surface area contributed by atoms with Crippen molar-refractivity contribution in [3.8, 4) is 0 Å². The van der Waals surface area contributed by atoms with Gasteiger partial charge in [0.15, 0.2) is 0 Å². The minimum absolute atomic E-state index is 0.0963. The molecule has 146 valence electrons. The van der Waals surface area contributed by atoms with Crippen LogP contribution in [0.1, 0.15) is 27.0 Å². The van der Waals surface area contributed by atoms with Crippen LogP contribution in [0, 0.1) is 0 Å². The predicted molar refractivity (Wildman–Crippen MR) is 96.4 cm³/mol. The first-order chi connectivity index (χ1) is 12.6. The first kappa shape index (κ1) is 21.7. The number of hydrogen-bond donors (Lipinski definition) is 2. The summed E-state index contributed by atoms with van der Waals surface area (Å²) in [6.07, 6.45) is 0. The van der Waals surface area contributed by atoms with Crippen LogP contribution in [-0.4, -0.2) is 22.9 Å². The summed E-state index contributed by atoms with van der Waals surface area (Å²) in [4.78, 5) is 29.0. The summed E-state index contributed by atoms with van der Waals surface area (Å²) in [6, 6.07) is 10.2. The number of rotatable bonds is 7. The van der Waals surface area contributed by atoms with E-state index in [0.717, 1.165) is 11.6 Å². The van der Waals surface area contributed by atoms with Gasteiger partial charge in [0.2, 0.25) is 0 Å². The monoisotopic (exact) mass is 464 g/mol. The molecule has 0 saturated heterocycles. The maximum Gasteiger partial charge on any atom is 0.399 e. The first-order valence-corrected chi connectivity index (χ1v) is 9.94. The number of halogens is 3. The van der Waals surface area contributed by atoms with Gasteiger partial charge in [-0.25, -0.2) is 4.79 Å². The van der Waals surface area contributed by atoms with E-state index in [9.17, 15) is 18.1 Å². The number of hydrogen-bond acceptors (Lipinski definition) is 4. The minimum Gasteiger partial charge on any atom is -0.465 e. The van der Waals surface area contributed by atoms with Crippen molar-refractivity contribution >= 4 is 29.5 Å². The van der Waals surface area contributed by atoms with Crippen LogP contribution in [0.5, 0.6) is 0 Å². The molecule has 0 aromatic heterocycles. The molecule has 2 N–H and O–H groups in total. The Bertz CT molecular complexity index is 866. The van der Waals surface area contributed by atoms with Crippen LogP contribution in [0.15, 0.2) is 46.9 Å². The summed E-state index contributed by atoms with van der Waals surface area (Å²) in [6.45, 7) is 0.318. The van der Waals surface area contributed by atoms with Crippen molar-refractivity contribution in [1.82, 2.24) is 0 Å². The Kier molecular flexibility index (Phi) is 6.88. The van der Waals surface area contributed by atoms with Crippen LogP contribution in [0.25, 0.3) is 0 Å². The van der Waals surface area contributed by atoms with Gasteiger partial charge in [-0.3, -0.25) is 4.57 Å². The van der Waals surface area contributed by atoms with Crippen molar-refractivity contribution in [3.63, 3.8) is 0 Å². The highest BCUT2D eigenvalue weighted by Crippen LogP contribution is 2.60. The normalized spacial score (nSPS) is 12.1.